The quantitative estimate of drug-likeness (QED) is 0.442. The SMILES string of the molecule is COc1cc(OC)cc(-c2nc(-c3nc(C(C=NCC4(C#N)CC4)=C(C)N)cnc3N)cn(C)c2=O)c1. The summed E-state index contributed by atoms with van der Waals surface area (Å²) in [5, 5.41) is 9.30. The molecule has 0 spiro atoms. The van der Waals surface area contributed by atoms with Gasteiger partial charge in [-0.1, -0.05) is 0 Å². The number of nitrogen functional groups attached to an aromatic ring is 1. The average molecular weight is 501 g/mol. The Balaban J connectivity index is 1.78. The van der Waals surface area contributed by atoms with Crippen LogP contribution in [0.5, 0.6) is 11.5 Å². The van der Waals surface area contributed by atoms with Crippen LogP contribution in [0, 0.1) is 16.7 Å². The number of hydrogen-bond acceptors (Lipinski definition) is 10. The van der Waals surface area contributed by atoms with Crippen molar-refractivity contribution in [2.75, 3.05) is 26.5 Å². The van der Waals surface area contributed by atoms with E-state index >= 15 is 0 Å². The summed E-state index contributed by atoms with van der Waals surface area (Å²) in [5.41, 5.74) is 14.4. The van der Waals surface area contributed by atoms with Gasteiger partial charge >= 0.3 is 0 Å². The fourth-order valence-electron chi connectivity index (χ4n) is 3.71. The van der Waals surface area contributed by atoms with E-state index < -0.39 is 0 Å². The molecule has 3 aromatic rings. The topological polar surface area (TPSA) is 167 Å². The van der Waals surface area contributed by atoms with Gasteiger partial charge in [-0.25, -0.2) is 15.0 Å². The second kappa shape index (κ2) is 10.1. The largest absolute Gasteiger partial charge is 0.497 e. The van der Waals surface area contributed by atoms with Crippen LogP contribution in [0.3, 0.4) is 0 Å². The van der Waals surface area contributed by atoms with E-state index in [0.717, 1.165) is 12.8 Å². The zero-order chi connectivity index (χ0) is 26.7. The standard InChI is InChI=1S/C26H28N8O3/c1-15(28)19(10-30-14-26(13-27)5-6-26)20-11-31-24(29)23(32-20)21-12-34(2)25(35)22(33-21)16-7-17(36-3)9-18(8-16)37-4/h7-12H,5-6,14,28H2,1-4H3,(H2,29,31). The minimum atomic E-state index is -0.375. The molecule has 0 bridgehead atoms. The molecular formula is C26H28N8O3. The van der Waals surface area contributed by atoms with E-state index in [-0.39, 0.29) is 28.2 Å². The minimum Gasteiger partial charge on any atom is -0.497 e. The van der Waals surface area contributed by atoms with Gasteiger partial charge in [0.1, 0.15) is 28.6 Å². The van der Waals surface area contributed by atoms with Crippen LogP contribution in [0.15, 0.2) is 46.1 Å². The van der Waals surface area contributed by atoms with Gasteiger partial charge in [0.15, 0.2) is 5.82 Å². The van der Waals surface area contributed by atoms with Gasteiger partial charge in [0.2, 0.25) is 0 Å². The number of aliphatic imine (C=N–C) groups is 1. The van der Waals surface area contributed by atoms with Crippen molar-refractivity contribution < 1.29 is 9.47 Å². The van der Waals surface area contributed by atoms with Crippen molar-refractivity contribution in [2.24, 2.45) is 23.2 Å². The lowest BCUT2D eigenvalue weighted by molar-refractivity contribution is 0.394. The van der Waals surface area contributed by atoms with E-state index in [1.165, 1.54) is 25.0 Å². The predicted octanol–water partition coefficient (Wildman–Crippen LogP) is 2.57. The molecule has 1 fully saturated rings. The molecule has 2 aromatic heterocycles. The molecule has 1 aromatic carbocycles. The number of ether oxygens (including phenoxy) is 2. The summed E-state index contributed by atoms with van der Waals surface area (Å²) in [6, 6.07) is 7.42. The fraction of sp³-hybridized carbons (Fsp3) is 0.308. The summed E-state index contributed by atoms with van der Waals surface area (Å²) in [6.45, 7) is 2.13. The number of rotatable bonds is 8. The zero-order valence-corrected chi connectivity index (χ0v) is 21.1. The van der Waals surface area contributed by atoms with Gasteiger partial charge < -0.3 is 25.5 Å². The number of aromatic nitrogens is 4. The van der Waals surface area contributed by atoms with Gasteiger partial charge in [-0.15, -0.1) is 0 Å². The molecule has 2 heterocycles. The summed E-state index contributed by atoms with van der Waals surface area (Å²) in [5.74, 6) is 1.17. The van der Waals surface area contributed by atoms with Crippen molar-refractivity contribution in [1.82, 2.24) is 19.5 Å². The number of benzene rings is 1. The van der Waals surface area contributed by atoms with Crippen molar-refractivity contribution in [3.05, 3.63) is 52.3 Å². The van der Waals surface area contributed by atoms with Crippen molar-refractivity contribution in [1.29, 1.82) is 5.26 Å². The molecule has 1 aliphatic rings. The third-order valence-electron chi connectivity index (χ3n) is 6.15. The van der Waals surface area contributed by atoms with Gasteiger partial charge in [-0.3, -0.25) is 9.79 Å². The van der Waals surface area contributed by atoms with E-state index in [1.54, 1.807) is 44.6 Å². The fourth-order valence-corrected chi connectivity index (χ4v) is 3.71. The predicted molar refractivity (Wildman–Crippen MR) is 141 cm³/mol. The molecule has 4 rings (SSSR count). The van der Waals surface area contributed by atoms with Crippen LogP contribution in [0.1, 0.15) is 25.5 Å². The molecule has 1 aliphatic carbocycles. The molecule has 11 nitrogen and oxygen atoms in total. The van der Waals surface area contributed by atoms with Crippen molar-refractivity contribution >= 4 is 17.6 Å². The summed E-state index contributed by atoms with van der Waals surface area (Å²) >= 11 is 0. The summed E-state index contributed by atoms with van der Waals surface area (Å²) < 4.78 is 12.1. The Morgan fingerprint density at radius 3 is 2.46 bits per heavy atom. The number of nitrogens with zero attached hydrogens (tertiary/aromatic N) is 6. The van der Waals surface area contributed by atoms with E-state index in [2.05, 4.69) is 26.0 Å². The Bertz CT molecular complexity index is 1490. The highest BCUT2D eigenvalue weighted by Gasteiger charge is 2.42. The lowest BCUT2D eigenvalue weighted by atomic mass is 10.1. The molecule has 37 heavy (non-hydrogen) atoms. The summed E-state index contributed by atoms with van der Waals surface area (Å²) in [7, 11) is 4.68. The Labute approximate surface area is 214 Å². The molecule has 0 saturated heterocycles. The zero-order valence-electron chi connectivity index (χ0n) is 21.1. The van der Waals surface area contributed by atoms with Crippen LogP contribution in [-0.2, 0) is 7.05 Å². The van der Waals surface area contributed by atoms with Gasteiger partial charge in [-0.2, -0.15) is 5.26 Å². The van der Waals surface area contributed by atoms with Crippen LogP contribution in [-0.4, -0.2) is 46.5 Å². The Morgan fingerprint density at radius 2 is 1.89 bits per heavy atom. The number of nitriles is 1. The second-order valence-electron chi connectivity index (χ2n) is 8.94. The number of methoxy groups -OCH3 is 2. The molecule has 11 heteroatoms. The smallest absolute Gasteiger partial charge is 0.276 e. The molecule has 190 valence electrons. The second-order valence-corrected chi connectivity index (χ2v) is 8.94. The molecule has 0 aliphatic heterocycles. The van der Waals surface area contributed by atoms with E-state index in [0.29, 0.717) is 46.3 Å². The number of nitrogens with two attached hydrogens (primary N) is 2. The highest BCUT2D eigenvalue weighted by Crippen LogP contribution is 2.45. The van der Waals surface area contributed by atoms with E-state index in [1.807, 2.05) is 0 Å². The monoisotopic (exact) mass is 500 g/mol. The first-order chi connectivity index (χ1) is 17.7. The van der Waals surface area contributed by atoms with E-state index in [9.17, 15) is 10.1 Å². The van der Waals surface area contributed by atoms with Crippen LogP contribution >= 0.6 is 0 Å². The molecule has 0 amide bonds. The Kier molecular flexibility index (Phi) is 6.93. The highest BCUT2D eigenvalue weighted by atomic mass is 16.5. The minimum absolute atomic E-state index is 0.136. The van der Waals surface area contributed by atoms with Gasteiger partial charge in [0, 0.05) is 42.4 Å². The van der Waals surface area contributed by atoms with Crippen molar-refractivity contribution in [2.45, 2.75) is 19.8 Å². The average Bonchev–Trinajstić information content (AvgIpc) is 3.68. The molecule has 4 N–H and O–H groups in total. The van der Waals surface area contributed by atoms with E-state index in [4.69, 9.17) is 20.9 Å². The number of anilines is 1. The van der Waals surface area contributed by atoms with Gasteiger partial charge in [0.25, 0.3) is 5.56 Å². The first-order valence-electron chi connectivity index (χ1n) is 11.5. The van der Waals surface area contributed by atoms with Crippen molar-refractivity contribution in [3.8, 4) is 40.2 Å². The maximum absolute atomic E-state index is 13.0. The normalized spacial score (nSPS) is 14.7. The first-order valence-corrected chi connectivity index (χ1v) is 11.5. The lowest BCUT2D eigenvalue weighted by Crippen LogP contribution is -2.21. The summed E-state index contributed by atoms with van der Waals surface area (Å²) in [6.07, 6.45) is 6.34. The highest BCUT2D eigenvalue weighted by molar-refractivity contribution is 6.10. The van der Waals surface area contributed by atoms with Gasteiger partial charge in [0.05, 0.1) is 44.1 Å². The molecule has 0 unspecified atom stereocenters. The van der Waals surface area contributed by atoms with Crippen LogP contribution < -0.4 is 26.5 Å². The maximum Gasteiger partial charge on any atom is 0.276 e. The maximum atomic E-state index is 13.0. The number of hydrogen-bond donors (Lipinski definition) is 2. The molecule has 0 atom stereocenters. The molecule has 0 radical (unpaired) electrons. The van der Waals surface area contributed by atoms with Crippen LogP contribution in [0.2, 0.25) is 0 Å². The van der Waals surface area contributed by atoms with Gasteiger partial charge in [-0.05, 0) is 31.9 Å². The lowest BCUT2D eigenvalue weighted by Gasteiger charge is -2.12. The van der Waals surface area contributed by atoms with Crippen molar-refractivity contribution in [3.63, 3.8) is 0 Å². The first kappa shape index (κ1) is 25.4. The third-order valence-corrected chi connectivity index (χ3v) is 6.15. The van der Waals surface area contributed by atoms with Crippen LogP contribution in [0.25, 0.3) is 28.2 Å². The Hall–Kier alpha value is -4.72. The van der Waals surface area contributed by atoms with Crippen LogP contribution in [0.4, 0.5) is 5.82 Å². The number of aryl methyl sites for hydroxylation is 1. The Morgan fingerprint density at radius 1 is 1.22 bits per heavy atom. The number of allylic oxidation sites excluding steroid dienone is 2. The summed E-state index contributed by atoms with van der Waals surface area (Å²) in [4.78, 5) is 31.0. The molecular weight excluding hydrogens is 472 g/mol. The molecule has 1 saturated carbocycles. The third kappa shape index (κ3) is 5.28.